The SMILES string of the molecule is C=CC(=O)NCCCc1ccccc1C(=O)N[C@H](C)c1ccc(OC)c(OC)c1. The van der Waals surface area contributed by atoms with Gasteiger partial charge in [-0.15, -0.1) is 0 Å². The third kappa shape index (κ3) is 6.10. The lowest BCUT2D eigenvalue weighted by atomic mass is 10.0. The minimum atomic E-state index is -0.206. The van der Waals surface area contributed by atoms with E-state index in [2.05, 4.69) is 17.2 Å². The van der Waals surface area contributed by atoms with E-state index in [0.717, 1.165) is 17.5 Å². The van der Waals surface area contributed by atoms with Gasteiger partial charge in [0.05, 0.1) is 20.3 Å². The van der Waals surface area contributed by atoms with Gasteiger partial charge in [-0.2, -0.15) is 0 Å². The molecule has 29 heavy (non-hydrogen) atoms. The molecule has 0 saturated carbocycles. The van der Waals surface area contributed by atoms with Gasteiger partial charge in [0, 0.05) is 12.1 Å². The van der Waals surface area contributed by atoms with Crippen LogP contribution < -0.4 is 20.1 Å². The predicted octanol–water partition coefficient (Wildman–Crippen LogP) is 3.43. The molecule has 6 nitrogen and oxygen atoms in total. The molecule has 2 aromatic rings. The van der Waals surface area contributed by atoms with Crippen molar-refractivity contribution in [1.29, 1.82) is 0 Å². The molecule has 0 bridgehead atoms. The maximum atomic E-state index is 12.9. The minimum absolute atomic E-state index is 0.141. The molecule has 0 aliphatic heterocycles. The molecule has 0 unspecified atom stereocenters. The van der Waals surface area contributed by atoms with Gasteiger partial charge in [-0.05, 0) is 55.2 Å². The van der Waals surface area contributed by atoms with E-state index < -0.39 is 0 Å². The van der Waals surface area contributed by atoms with Crippen LogP contribution >= 0.6 is 0 Å². The summed E-state index contributed by atoms with van der Waals surface area (Å²) in [7, 11) is 3.17. The fourth-order valence-corrected chi connectivity index (χ4v) is 3.00. The maximum absolute atomic E-state index is 12.9. The van der Waals surface area contributed by atoms with E-state index in [9.17, 15) is 9.59 Å². The summed E-state index contributed by atoms with van der Waals surface area (Å²) < 4.78 is 10.6. The van der Waals surface area contributed by atoms with Crippen molar-refractivity contribution in [2.24, 2.45) is 0 Å². The second-order valence-corrected chi connectivity index (χ2v) is 6.57. The van der Waals surface area contributed by atoms with Crippen molar-refractivity contribution in [3.05, 3.63) is 71.8 Å². The number of hydrogen-bond acceptors (Lipinski definition) is 4. The summed E-state index contributed by atoms with van der Waals surface area (Å²) in [6.45, 7) is 5.88. The predicted molar refractivity (Wildman–Crippen MR) is 113 cm³/mol. The molecule has 0 spiro atoms. The summed E-state index contributed by atoms with van der Waals surface area (Å²) in [6, 6.07) is 12.9. The number of hydrogen-bond donors (Lipinski definition) is 2. The molecule has 1 atom stereocenters. The monoisotopic (exact) mass is 396 g/mol. The summed E-state index contributed by atoms with van der Waals surface area (Å²) in [5.74, 6) is 0.925. The molecule has 2 N–H and O–H groups in total. The molecule has 0 saturated heterocycles. The van der Waals surface area contributed by atoms with Gasteiger partial charge in [-0.3, -0.25) is 9.59 Å². The fraction of sp³-hybridized carbons (Fsp3) is 0.304. The minimum Gasteiger partial charge on any atom is -0.493 e. The van der Waals surface area contributed by atoms with Crippen LogP contribution in [0.25, 0.3) is 0 Å². The molecule has 0 aliphatic rings. The topological polar surface area (TPSA) is 76.7 Å². The van der Waals surface area contributed by atoms with Crippen LogP contribution in [0.1, 0.15) is 40.9 Å². The van der Waals surface area contributed by atoms with E-state index >= 15 is 0 Å². The number of rotatable bonds is 10. The Morgan fingerprint density at radius 1 is 1.10 bits per heavy atom. The molecule has 0 aliphatic carbocycles. The van der Waals surface area contributed by atoms with Crippen LogP contribution in [0.5, 0.6) is 11.5 Å². The maximum Gasteiger partial charge on any atom is 0.252 e. The molecule has 0 heterocycles. The lowest BCUT2D eigenvalue weighted by Crippen LogP contribution is -2.28. The average Bonchev–Trinajstić information content (AvgIpc) is 2.76. The summed E-state index contributed by atoms with van der Waals surface area (Å²) in [4.78, 5) is 24.1. The standard InChI is InChI=1S/C23H28N2O4/c1-5-22(26)24-14-8-10-17-9-6-7-11-19(17)23(27)25-16(2)18-12-13-20(28-3)21(15-18)29-4/h5-7,9,11-13,15-16H,1,8,10,14H2,2-4H3,(H,24,26)(H,25,27)/t16-/m1/s1. The van der Waals surface area contributed by atoms with Crippen LogP contribution in [0, 0.1) is 0 Å². The van der Waals surface area contributed by atoms with Crippen LogP contribution in [0.2, 0.25) is 0 Å². The van der Waals surface area contributed by atoms with E-state index in [1.165, 1.54) is 6.08 Å². The van der Waals surface area contributed by atoms with E-state index in [-0.39, 0.29) is 17.9 Å². The Balaban J connectivity index is 2.05. The molecule has 0 aromatic heterocycles. The Kier molecular flexibility index (Phi) is 8.27. The van der Waals surface area contributed by atoms with Crippen molar-refractivity contribution in [2.45, 2.75) is 25.8 Å². The number of carbonyl (C=O) groups is 2. The van der Waals surface area contributed by atoms with Crippen molar-refractivity contribution in [1.82, 2.24) is 10.6 Å². The number of nitrogens with one attached hydrogen (secondary N) is 2. The number of methoxy groups -OCH3 is 2. The van der Waals surface area contributed by atoms with Crippen molar-refractivity contribution >= 4 is 11.8 Å². The molecule has 0 fully saturated rings. The smallest absolute Gasteiger partial charge is 0.252 e. The lowest BCUT2D eigenvalue weighted by molar-refractivity contribution is -0.116. The first-order valence-electron chi connectivity index (χ1n) is 9.51. The zero-order chi connectivity index (χ0) is 21.2. The number of benzene rings is 2. The molecular weight excluding hydrogens is 368 g/mol. The second kappa shape index (κ2) is 10.9. The normalized spacial score (nSPS) is 11.3. The van der Waals surface area contributed by atoms with Gasteiger partial charge in [-0.1, -0.05) is 30.8 Å². The van der Waals surface area contributed by atoms with Crippen LogP contribution in [-0.4, -0.2) is 32.6 Å². The van der Waals surface area contributed by atoms with Crippen molar-refractivity contribution in [3.8, 4) is 11.5 Å². The highest BCUT2D eigenvalue weighted by molar-refractivity contribution is 5.96. The highest BCUT2D eigenvalue weighted by Gasteiger charge is 2.16. The zero-order valence-electron chi connectivity index (χ0n) is 17.2. The fourth-order valence-electron chi connectivity index (χ4n) is 3.00. The quantitative estimate of drug-likeness (QED) is 0.477. The van der Waals surface area contributed by atoms with Gasteiger partial charge in [0.15, 0.2) is 11.5 Å². The van der Waals surface area contributed by atoms with Crippen LogP contribution in [0.15, 0.2) is 55.1 Å². The first-order valence-corrected chi connectivity index (χ1v) is 9.51. The Labute approximate surface area is 171 Å². The van der Waals surface area contributed by atoms with E-state index in [4.69, 9.17) is 9.47 Å². The van der Waals surface area contributed by atoms with Gasteiger partial charge in [-0.25, -0.2) is 0 Å². The number of carbonyl (C=O) groups excluding carboxylic acids is 2. The van der Waals surface area contributed by atoms with Gasteiger partial charge < -0.3 is 20.1 Å². The summed E-state index contributed by atoms with van der Waals surface area (Å²) in [5, 5.41) is 5.79. The lowest BCUT2D eigenvalue weighted by Gasteiger charge is -2.18. The highest BCUT2D eigenvalue weighted by atomic mass is 16.5. The van der Waals surface area contributed by atoms with Crippen LogP contribution in [-0.2, 0) is 11.2 Å². The van der Waals surface area contributed by atoms with Crippen LogP contribution in [0.3, 0.4) is 0 Å². The van der Waals surface area contributed by atoms with Crippen molar-refractivity contribution < 1.29 is 19.1 Å². The summed E-state index contributed by atoms with van der Waals surface area (Å²) in [5.41, 5.74) is 2.49. The third-order valence-corrected chi connectivity index (χ3v) is 4.62. The number of amides is 2. The molecular formula is C23H28N2O4. The summed E-state index contributed by atoms with van der Waals surface area (Å²) >= 11 is 0. The van der Waals surface area contributed by atoms with Gasteiger partial charge in [0.2, 0.25) is 5.91 Å². The average molecular weight is 396 g/mol. The van der Waals surface area contributed by atoms with Gasteiger partial charge in [0.25, 0.3) is 5.91 Å². The Morgan fingerprint density at radius 3 is 2.52 bits per heavy atom. The Bertz CT molecular complexity index is 864. The first-order chi connectivity index (χ1) is 14.0. The van der Waals surface area contributed by atoms with Crippen LogP contribution in [0.4, 0.5) is 0 Å². The van der Waals surface area contributed by atoms with Gasteiger partial charge >= 0.3 is 0 Å². The Morgan fingerprint density at radius 2 is 1.83 bits per heavy atom. The second-order valence-electron chi connectivity index (χ2n) is 6.57. The van der Waals surface area contributed by atoms with Crippen molar-refractivity contribution in [2.75, 3.05) is 20.8 Å². The zero-order valence-corrected chi connectivity index (χ0v) is 17.2. The van der Waals surface area contributed by atoms with E-state index in [0.29, 0.717) is 30.0 Å². The molecule has 2 aromatic carbocycles. The third-order valence-electron chi connectivity index (χ3n) is 4.62. The molecule has 2 amide bonds. The number of aryl methyl sites for hydroxylation is 1. The van der Waals surface area contributed by atoms with Crippen molar-refractivity contribution in [3.63, 3.8) is 0 Å². The molecule has 2 rings (SSSR count). The molecule has 154 valence electrons. The highest BCUT2D eigenvalue weighted by Crippen LogP contribution is 2.30. The van der Waals surface area contributed by atoms with E-state index in [1.54, 1.807) is 14.2 Å². The number of ether oxygens (including phenoxy) is 2. The molecule has 0 radical (unpaired) electrons. The largest absolute Gasteiger partial charge is 0.493 e. The Hall–Kier alpha value is -3.28. The first kappa shape index (κ1) is 22.0. The van der Waals surface area contributed by atoms with Gasteiger partial charge in [0.1, 0.15) is 0 Å². The molecule has 6 heteroatoms. The van der Waals surface area contributed by atoms with E-state index in [1.807, 2.05) is 49.4 Å². The summed E-state index contributed by atoms with van der Waals surface area (Å²) in [6.07, 6.45) is 2.66.